The molecule has 0 bridgehead atoms. The zero-order valence-corrected chi connectivity index (χ0v) is 12.2. The van der Waals surface area contributed by atoms with Crippen LogP contribution < -0.4 is 4.90 Å². The van der Waals surface area contributed by atoms with Gasteiger partial charge in [-0.2, -0.15) is 4.98 Å². The van der Waals surface area contributed by atoms with Crippen molar-refractivity contribution in [2.75, 3.05) is 32.1 Å². The molecule has 0 aromatic carbocycles. The predicted molar refractivity (Wildman–Crippen MR) is 75.4 cm³/mol. The molecule has 110 valence electrons. The molecule has 0 N–H and O–H groups in total. The molecule has 1 saturated heterocycles. The summed E-state index contributed by atoms with van der Waals surface area (Å²) in [6, 6.07) is 0.241. The van der Waals surface area contributed by atoms with E-state index in [1.807, 2.05) is 25.3 Å². The summed E-state index contributed by atoms with van der Waals surface area (Å²) < 4.78 is 11.1. The highest BCUT2D eigenvalue weighted by Gasteiger charge is 2.32. The first-order chi connectivity index (χ1) is 9.74. The van der Waals surface area contributed by atoms with Crippen LogP contribution in [0.5, 0.6) is 0 Å². The van der Waals surface area contributed by atoms with Gasteiger partial charge in [0, 0.05) is 20.6 Å². The molecule has 0 aliphatic carbocycles. The topological polar surface area (TPSA) is 54.6 Å². The van der Waals surface area contributed by atoms with Gasteiger partial charge >= 0.3 is 0 Å². The zero-order valence-electron chi connectivity index (χ0n) is 12.2. The van der Waals surface area contributed by atoms with Crippen LogP contribution in [0.4, 0.5) is 5.95 Å². The van der Waals surface area contributed by atoms with Crippen LogP contribution in [0.3, 0.4) is 0 Å². The number of allylic oxidation sites excluding steroid dienone is 1. The Hall–Kier alpha value is -1.56. The second-order valence-corrected chi connectivity index (χ2v) is 5.69. The molecular formula is C14H22N4O2. The van der Waals surface area contributed by atoms with Gasteiger partial charge in [0.05, 0.1) is 12.3 Å². The summed E-state index contributed by atoms with van der Waals surface area (Å²) in [5, 5.41) is 4.01. The molecule has 6 nitrogen and oxygen atoms in total. The SMILES string of the molecule is CN(C)c1noc(C2CCCN2CC2CCC=CO2)n1. The molecule has 2 aliphatic rings. The van der Waals surface area contributed by atoms with Gasteiger partial charge in [0.15, 0.2) is 0 Å². The highest BCUT2D eigenvalue weighted by atomic mass is 16.5. The van der Waals surface area contributed by atoms with Crippen LogP contribution in [0.2, 0.25) is 0 Å². The molecule has 2 unspecified atom stereocenters. The Kier molecular flexibility index (Phi) is 3.91. The van der Waals surface area contributed by atoms with Crippen molar-refractivity contribution in [2.24, 2.45) is 0 Å². The van der Waals surface area contributed by atoms with Crippen LogP contribution in [-0.2, 0) is 4.74 Å². The molecule has 3 rings (SSSR count). The third-order valence-electron chi connectivity index (χ3n) is 3.94. The van der Waals surface area contributed by atoms with E-state index in [4.69, 9.17) is 9.26 Å². The minimum Gasteiger partial charge on any atom is -0.497 e. The summed E-state index contributed by atoms with van der Waals surface area (Å²) in [6.07, 6.45) is 8.65. The lowest BCUT2D eigenvalue weighted by molar-refractivity contribution is 0.0681. The van der Waals surface area contributed by atoms with E-state index in [0.717, 1.165) is 38.2 Å². The lowest BCUT2D eigenvalue weighted by Gasteiger charge is -2.27. The molecule has 0 saturated carbocycles. The molecular weight excluding hydrogens is 256 g/mol. The van der Waals surface area contributed by atoms with Crippen molar-refractivity contribution in [3.8, 4) is 0 Å². The van der Waals surface area contributed by atoms with Gasteiger partial charge < -0.3 is 14.2 Å². The second-order valence-electron chi connectivity index (χ2n) is 5.69. The Morgan fingerprint density at radius 1 is 1.40 bits per heavy atom. The first-order valence-electron chi connectivity index (χ1n) is 7.29. The highest BCUT2D eigenvalue weighted by molar-refractivity contribution is 5.24. The standard InChI is InChI=1S/C14H22N4O2/c1-17(2)14-15-13(20-16-14)12-7-5-8-18(12)10-11-6-3-4-9-19-11/h4,9,11-12H,3,5-8,10H2,1-2H3. The molecule has 2 atom stereocenters. The summed E-state index contributed by atoms with van der Waals surface area (Å²) in [6.45, 7) is 2.02. The molecule has 20 heavy (non-hydrogen) atoms. The van der Waals surface area contributed by atoms with Crippen molar-refractivity contribution < 1.29 is 9.26 Å². The predicted octanol–water partition coefficient (Wildman–Crippen LogP) is 1.97. The van der Waals surface area contributed by atoms with Gasteiger partial charge in [0.2, 0.25) is 5.89 Å². The summed E-state index contributed by atoms with van der Waals surface area (Å²) in [7, 11) is 3.84. The van der Waals surface area contributed by atoms with Crippen LogP contribution in [0.1, 0.15) is 37.6 Å². The number of hydrogen-bond acceptors (Lipinski definition) is 6. The van der Waals surface area contributed by atoms with E-state index in [1.54, 1.807) is 0 Å². The fraction of sp³-hybridized carbons (Fsp3) is 0.714. The fourth-order valence-electron chi connectivity index (χ4n) is 2.85. The average molecular weight is 278 g/mol. The quantitative estimate of drug-likeness (QED) is 0.839. The van der Waals surface area contributed by atoms with Crippen LogP contribution in [-0.4, -0.2) is 48.3 Å². The first kappa shape index (κ1) is 13.4. The molecule has 1 aromatic heterocycles. The Morgan fingerprint density at radius 2 is 2.30 bits per heavy atom. The molecule has 2 aliphatic heterocycles. The van der Waals surface area contributed by atoms with Gasteiger partial charge in [-0.25, -0.2) is 0 Å². The second kappa shape index (κ2) is 5.83. The highest BCUT2D eigenvalue weighted by Crippen LogP contribution is 2.32. The Labute approximate surface area is 119 Å². The summed E-state index contributed by atoms with van der Waals surface area (Å²) in [5.74, 6) is 1.38. The molecule has 0 radical (unpaired) electrons. The minimum atomic E-state index is 0.241. The van der Waals surface area contributed by atoms with E-state index < -0.39 is 0 Å². The number of nitrogens with zero attached hydrogens (tertiary/aromatic N) is 4. The summed E-state index contributed by atoms with van der Waals surface area (Å²) in [5.41, 5.74) is 0. The Balaban J connectivity index is 1.66. The Morgan fingerprint density at radius 3 is 3.00 bits per heavy atom. The van der Waals surface area contributed by atoms with Gasteiger partial charge in [-0.1, -0.05) is 0 Å². The van der Waals surface area contributed by atoms with Crippen LogP contribution in [0.25, 0.3) is 0 Å². The van der Waals surface area contributed by atoms with E-state index in [-0.39, 0.29) is 12.1 Å². The van der Waals surface area contributed by atoms with E-state index in [0.29, 0.717) is 5.95 Å². The van der Waals surface area contributed by atoms with Crippen LogP contribution >= 0.6 is 0 Å². The number of hydrogen-bond donors (Lipinski definition) is 0. The smallest absolute Gasteiger partial charge is 0.265 e. The maximum Gasteiger partial charge on any atom is 0.265 e. The zero-order chi connectivity index (χ0) is 13.9. The van der Waals surface area contributed by atoms with E-state index in [9.17, 15) is 0 Å². The number of likely N-dealkylation sites (tertiary alicyclic amines) is 1. The molecule has 1 aromatic rings. The van der Waals surface area contributed by atoms with Crippen molar-refractivity contribution in [3.63, 3.8) is 0 Å². The maximum absolute atomic E-state index is 5.67. The lowest BCUT2D eigenvalue weighted by Crippen LogP contribution is -2.33. The molecule has 3 heterocycles. The van der Waals surface area contributed by atoms with Crippen molar-refractivity contribution in [3.05, 3.63) is 18.2 Å². The summed E-state index contributed by atoms with van der Waals surface area (Å²) in [4.78, 5) is 8.76. The van der Waals surface area contributed by atoms with Crippen LogP contribution in [0, 0.1) is 0 Å². The molecule has 0 amide bonds. The van der Waals surface area contributed by atoms with E-state index >= 15 is 0 Å². The largest absolute Gasteiger partial charge is 0.497 e. The molecule has 0 spiro atoms. The van der Waals surface area contributed by atoms with E-state index in [2.05, 4.69) is 21.1 Å². The van der Waals surface area contributed by atoms with Crippen molar-refractivity contribution in [2.45, 2.75) is 37.8 Å². The molecule has 1 fully saturated rings. The van der Waals surface area contributed by atoms with Gasteiger partial charge in [-0.05, 0) is 43.5 Å². The third kappa shape index (κ3) is 2.80. The first-order valence-corrected chi connectivity index (χ1v) is 7.29. The van der Waals surface area contributed by atoms with Crippen molar-refractivity contribution in [1.29, 1.82) is 0 Å². The van der Waals surface area contributed by atoms with Gasteiger partial charge in [0.25, 0.3) is 5.95 Å². The van der Waals surface area contributed by atoms with Gasteiger partial charge in [-0.15, -0.1) is 0 Å². The van der Waals surface area contributed by atoms with Crippen molar-refractivity contribution >= 4 is 5.95 Å². The summed E-state index contributed by atoms with van der Waals surface area (Å²) >= 11 is 0. The fourth-order valence-corrected chi connectivity index (χ4v) is 2.85. The van der Waals surface area contributed by atoms with Crippen LogP contribution in [0.15, 0.2) is 16.9 Å². The lowest BCUT2D eigenvalue weighted by atomic mass is 10.1. The van der Waals surface area contributed by atoms with Crippen molar-refractivity contribution in [1.82, 2.24) is 15.0 Å². The monoisotopic (exact) mass is 278 g/mol. The van der Waals surface area contributed by atoms with Gasteiger partial charge in [-0.3, -0.25) is 4.90 Å². The maximum atomic E-state index is 5.67. The normalized spacial score (nSPS) is 26.7. The van der Waals surface area contributed by atoms with E-state index in [1.165, 1.54) is 6.42 Å². The Bertz CT molecular complexity index is 471. The minimum absolute atomic E-state index is 0.241. The third-order valence-corrected chi connectivity index (χ3v) is 3.94. The molecule has 6 heteroatoms. The number of anilines is 1. The van der Waals surface area contributed by atoms with Gasteiger partial charge in [0.1, 0.15) is 6.10 Å². The number of aromatic nitrogens is 2. The number of rotatable bonds is 4. The average Bonchev–Trinajstić information content (AvgIpc) is 3.08. The number of ether oxygens (including phenoxy) is 1.